The predicted molar refractivity (Wildman–Crippen MR) is 101 cm³/mol. The standard InChI is InChI=1S/C19H26N4O3S/c1-26-17-6-8-18(9-7-17)27(24,25)23-10-2-3-16(13-23)11-19-21-20-14-22(19)12-15-4-5-15/h6-9,14-16H,2-5,10-13H2,1H3. The van der Waals surface area contributed by atoms with Crippen molar-refractivity contribution in [2.24, 2.45) is 11.8 Å². The lowest BCUT2D eigenvalue weighted by Crippen LogP contribution is -2.40. The molecule has 2 aliphatic rings. The maximum Gasteiger partial charge on any atom is 0.243 e. The third-order valence-corrected chi connectivity index (χ3v) is 7.38. The van der Waals surface area contributed by atoms with Crippen LogP contribution >= 0.6 is 0 Å². The second-order valence-electron chi connectivity index (χ2n) is 7.59. The third kappa shape index (κ3) is 4.16. The Morgan fingerprint density at radius 3 is 2.63 bits per heavy atom. The van der Waals surface area contributed by atoms with Gasteiger partial charge in [0.05, 0.1) is 12.0 Å². The number of ether oxygens (including phenoxy) is 1. The zero-order chi connectivity index (χ0) is 18.9. The number of sulfonamides is 1. The number of benzene rings is 1. The first-order valence-corrected chi connectivity index (χ1v) is 11.0. The third-order valence-electron chi connectivity index (χ3n) is 5.50. The van der Waals surface area contributed by atoms with Gasteiger partial charge in [0.15, 0.2) is 0 Å². The van der Waals surface area contributed by atoms with Crippen LogP contribution in [0, 0.1) is 11.8 Å². The summed E-state index contributed by atoms with van der Waals surface area (Å²) in [4.78, 5) is 0.320. The van der Waals surface area contributed by atoms with Crippen LogP contribution in [-0.4, -0.2) is 47.7 Å². The molecule has 8 heteroatoms. The van der Waals surface area contributed by atoms with Gasteiger partial charge in [-0.25, -0.2) is 8.42 Å². The molecule has 1 unspecified atom stereocenters. The highest BCUT2D eigenvalue weighted by atomic mass is 32.2. The second-order valence-corrected chi connectivity index (χ2v) is 9.53. The topological polar surface area (TPSA) is 77.3 Å². The lowest BCUT2D eigenvalue weighted by Gasteiger charge is -2.31. The molecule has 2 fully saturated rings. The smallest absolute Gasteiger partial charge is 0.243 e. The average molecular weight is 391 g/mol. The van der Waals surface area contributed by atoms with E-state index in [0.29, 0.717) is 23.7 Å². The summed E-state index contributed by atoms with van der Waals surface area (Å²) in [5, 5.41) is 8.36. The van der Waals surface area contributed by atoms with Crippen molar-refractivity contribution in [3.8, 4) is 5.75 Å². The molecule has 0 radical (unpaired) electrons. The zero-order valence-electron chi connectivity index (χ0n) is 15.6. The second kappa shape index (κ2) is 7.59. The fourth-order valence-corrected chi connectivity index (χ4v) is 5.29. The van der Waals surface area contributed by atoms with Crippen molar-refractivity contribution in [1.29, 1.82) is 0 Å². The van der Waals surface area contributed by atoms with Crippen molar-refractivity contribution in [3.05, 3.63) is 36.4 Å². The Balaban J connectivity index is 1.44. The molecule has 0 spiro atoms. The minimum Gasteiger partial charge on any atom is -0.497 e. The Morgan fingerprint density at radius 1 is 1.15 bits per heavy atom. The van der Waals surface area contributed by atoms with Crippen LogP contribution in [0.2, 0.25) is 0 Å². The maximum absolute atomic E-state index is 13.0. The molecule has 27 heavy (non-hydrogen) atoms. The molecule has 1 aliphatic carbocycles. The number of hydrogen-bond donors (Lipinski definition) is 0. The van der Waals surface area contributed by atoms with E-state index < -0.39 is 10.0 Å². The van der Waals surface area contributed by atoms with Gasteiger partial charge in [0, 0.05) is 26.1 Å². The Bertz CT molecular complexity index is 875. The molecule has 0 N–H and O–H groups in total. The highest BCUT2D eigenvalue weighted by Gasteiger charge is 2.31. The van der Waals surface area contributed by atoms with Crippen molar-refractivity contribution >= 4 is 10.0 Å². The molecule has 0 amide bonds. The number of nitrogens with zero attached hydrogens (tertiary/aromatic N) is 4. The number of aromatic nitrogens is 3. The molecule has 1 saturated carbocycles. The first kappa shape index (κ1) is 18.4. The van der Waals surface area contributed by atoms with Crippen LogP contribution in [0.15, 0.2) is 35.5 Å². The van der Waals surface area contributed by atoms with Gasteiger partial charge in [-0.15, -0.1) is 10.2 Å². The Morgan fingerprint density at radius 2 is 1.93 bits per heavy atom. The lowest BCUT2D eigenvalue weighted by atomic mass is 9.96. The quantitative estimate of drug-likeness (QED) is 0.725. The number of piperidine rings is 1. The fraction of sp³-hybridized carbons (Fsp3) is 0.579. The Kier molecular flexibility index (Phi) is 5.19. The van der Waals surface area contributed by atoms with Gasteiger partial charge in [0.2, 0.25) is 10.0 Å². The number of methoxy groups -OCH3 is 1. The van der Waals surface area contributed by atoms with Gasteiger partial charge in [-0.2, -0.15) is 4.31 Å². The van der Waals surface area contributed by atoms with E-state index in [1.807, 2.05) is 6.33 Å². The van der Waals surface area contributed by atoms with Gasteiger partial charge < -0.3 is 9.30 Å². The van der Waals surface area contributed by atoms with Crippen LogP contribution in [-0.2, 0) is 23.0 Å². The van der Waals surface area contributed by atoms with Gasteiger partial charge in [-0.05, 0) is 61.8 Å². The van der Waals surface area contributed by atoms with E-state index in [9.17, 15) is 8.42 Å². The molecular formula is C19H26N4O3S. The predicted octanol–water partition coefficient (Wildman–Crippen LogP) is 2.34. The first-order valence-electron chi connectivity index (χ1n) is 9.57. The highest BCUT2D eigenvalue weighted by Crippen LogP contribution is 2.31. The van der Waals surface area contributed by atoms with Crippen LogP contribution in [0.4, 0.5) is 0 Å². The van der Waals surface area contributed by atoms with E-state index in [1.165, 1.54) is 12.8 Å². The van der Waals surface area contributed by atoms with Gasteiger partial charge in [0.25, 0.3) is 0 Å². The summed E-state index contributed by atoms with van der Waals surface area (Å²) in [6, 6.07) is 6.61. The normalized spacial score (nSPS) is 21.3. The summed E-state index contributed by atoms with van der Waals surface area (Å²) in [7, 11) is -1.91. The summed E-state index contributed by atoms with van der Waals surface area (Å²) in [5.41, 5.74) is 0. The molecule has 0 bridgehead atoms. The summed E-state index contributed by atoms with van der Waals surface area (Å²) >= 11 is 0. The molecule has 2 heterocycles. The summed E-state index contributed by atoms with van der Waals surface area (Å²) in [6.45, 7) is 2.09. The summed E-state index contributed by atoms with van der Waals surface area (Å²) in [5.74, 6) is 2.67. The zero-order valence-corrected chi connectivity index (χ0v) is 16.4. The molecule has 146 valence electrons. The average Bonchev–Trinajstić information content (AvgIpc) is 3.41. The SMILES string of the molecule is COc1ccc(S(=O)(=O)N2CCCC(Cc3nncn3CC3CC3)C2)cc1. The number of rotatable bonds is 7. The molecular weight excluding hydrogens is 364 g/mol. The maximum atomic E-state index is 13.0. The van der Waals surface area contributed by atoms with Crippen molar-refractivity contribution in [3.63, 3.8) is 0 Å². The van der Waals surface area contributed by atoms with Crippen LogP contribution in [0.3, 0.4) is 0 Å². The van der Waals surface area contributed by atoms with Crippen LogP contribution in [0.1, 0.15) is 31.5 Å². The molecule has 1 aliphatic heterocycles. The monoisotopic (exact) mass is 390 g/mol. The van der Waals surface area contributed by atoms with Gasteiger partial charge in [-0.1, -0.05) is 0 Å². The summed E-state index contributed by atoms with van der Waals surface area (Å²) < 4.78 is 34.9. The first-order chi connectivity index (χ1) is 13.1. The molecule has 1 aromatic carbocycles. The van der Waals surface area contributed by atoms with Gasteiger partial charge in [-0.3, -0.25) is 0 Å². The molecule has 1 atom stereocenters. The van der Waals surface area contributed by atoms with Crippen molar-refractivity contribution < 1.29 is 13.2 Å². The molecule has 1 saturated heterocycles. The van der Waals surface area contributed by atoms with E-state index in [-0.39, 0.29) is 5.92 Å². The Labute approximate surface area is 160 Å². The Hall–Kier alpha value is -1.93. The van der Waals surface area contributed by atoms with E-state index >= 15 is 0 Å². The van der Waals surface area contributed by atoms with Gasteiger partial charge in [0.1, 0.15) is 17.9 Å². The van der Waals surface area contributed by atoms with E-state index in [4.69, 9.17) is 4.74 Å². The van der Waals surface area contributed by atoms with Crippen LogP contribution in [0.25, 0.3) is 0 Å². The van der Waals surface area contributed by atoms with Crippen molar-refractivity contribution in [2.45, 2.75) is 43.5 Å². The molecule has 1 aromatic heterocycles. The minimum atomic E-state index is -3.48. The fourth-order valence-electron chi connectivity index (χ4n) is 3.73. The highest BCUT2D eigenvalue weighted by molar-refractivity contribution is 7.89. The van der Waals surface area contributed by atoms with E-state index in [0.717, 1.165) is 37.5 Å². The van der Waals surface area contributed by atoms with E-state index in [2.05, 4.69) is 14.8 Å². The van der Waals surface area contributed by atoms with Crippen LogP contribution < -0.4 is 4.74 Å². The number of hydrogen-bond acceptors (Lipinski definition) is 5. The molecule has 4 rings (SSSR count). The largest absolute Gasteiger partial charge is 0.497 e. The van der Waals surface area contributed by atoms with Gasteiger partial charge >= 0.3 is 0 Å². The van der Waals surface area contributed by atoms with Crippen LogP contribution in [0.5, 0.6) is 5.75 Å². The van der Waals surface area contributed by atoms with E-state index in [1.54, 1.807) is 35.7 Å². The molecule has 2 aromatic rings. The lowest BCUT2D eigenvalue weighted by molar-refractivity contribution is 0.261. The van der Waals surface area contributed by atoms with Crippen molar-refractivity contribution in [2.75, 3.05) is 20.2 Å². The minimum absolute atomic E-state index is 0.272. The molecule has 7 nitrogen and oxygen atoms in total. The van der Waals surface area contributed by atoms with Crippen molar-refractivity contribution in [1.82, 2.24) is 19.1 Å². The summed E-state index contributed by atoms with van der Waals surface area (Å²) in [6.07, 6.45) is 7.05.